The lowest BCUT2D eigenvalue weighted by Crippen LogP contribution is -2.19. The summed E-state index contributed by atoms with van der Waals surface area (Å²) < 4.78 is 0. The molecule has 0 bridgehead atoms. The number of benzene rings is 2. The van der Waals surface area contributed by atoms with E-state index in [1.807, 2.05) is 30.3 Å². The summed E-state index contributed by atoms with van der Waals surface area (Å²) in [4.78, 5) is 11.9. The number of hydrogen-bond acceptors (Lipinski definition) is 2. The quantitative estimate of drug-likeness (QED) is 0.818. The van der Waals surface area contributed by atoms with Crippen LogP contribution >= 0.6 is 0 Å². The Morgan fingerprint density at radius 1 is 0.947 bits per heavy atom. The Balaban J connectivity index is 1.77. The van der Waals surface area contributed by atoms with Crippen LogP contribution in [0.1, 0.15) is 27.9 Å². The first-order valence-electron chi connectivity index (χ1n) is 6.35. The van der Waals surface area contributed by atoms with Gasteiger partial charge in [0.2, 0.25) is 0 Å². The van der Waals surface area contributed by atoms with Crippen molar-refractivity contribution in [3.05, 3.63) is 71.3 Å². The second-order valence-corrected chi connectivity index (χ2v) is 4.52. The Labute approximate surface area is 112 Å². The molecule has 0 saturated heterocycles. The smallest absolute Gasteiger partial charge is 0.267 e. The summed E-state index contributed by atoms with van der Waals surface area (Å²) in [7, 11) is 0. The van der Waals surface area contributed by atoms with Crippen LogP contribution in [0.15, 0.2) is 59.7 Å². The van der Waals surface area contributed by atoms with Crippen LogP contribution in [-0.2, 0) is 6.42 Å². The first-order chi connectivity index (χ1) is 9.34. The number of carbonyl (C=O) groups is 1. The molecule has 19 heavy (non-hydrogen) atoms. The molecule has 0 aliphatic heterocycles. The number of fused-ring (bicyclic) bond motifs is 1. The largest absolute Gasteiger partial charge is 0.271 e. The van der Waals surface area contributed by atoms with Gasteiger partial charge >= 0.3 is 0 Å². The number of aryl methyl sites for hydroxylation is 1. The van der Waals surface area contributed by atoms with Crippen LogP contribution in [0.25, 0.3) is 0 Å². The minimum absolute atomic E-state index is 0.169. The predicted octanol–water partition coefficient (Wildman–Crippen LogP) is 2.77. The zero-order valence-electron chi connectivity index (χ0n) is 10.5. The summed E-state index contributed by atoms with van der Waals surface area (Å²) >= 11 is 0. The van der Waals surface area contributed by atoms with Crippen LogP contribution in [0, 0.1) is 0 Å². The van der Waals surface area contributed by atoms with Crippen molar-refractivity contribution in [3.8, 4) is 0 Å². The highest BCUT2D eigenvalue weighted by Gasteiger charge is 2.17. The van der Waals surface area contributed by atoms with E-state index in [2.05, 4.69) is 22.7 Å². The summed E-state index contributed by atoms with van der Waals surface area (Å²) in [6.45, 7) is 0. The van der Waals surface area contributed by atoms with Gasteiger partial charge < -0.3 is 0 Å². The van der Waals surface area contributed by atoms with Gasteiger partial charge in [-0.15, -0.1) is 0 Å². The van der Waals surface area contributed by atoms with Crippen LogP contribution in [-0.4, -0.2) is 11.6 Å². The highest BCUT2D eigenvalue weighted by molar-refractivity contribution is 6.05. The number of nitrogens with zero attached hydrogens (tertiary/aromatic N) is 1. The lowest BCUT2D eigenvalue weighted by Gasteiger charge is -2.02. The molecule has 0 radical (unpaired) electrons. The monoisotopic (exact) mass is 250 g/mol. The minimum atomic E-state index is -0.169. The van der Waals surface area contributed by atoms with E-state index in [4.69, 9.17) is 0 Å². The SMILES string of the molecule is O=C(N/N=C1\CCc2ccccc21)c1ccccc1. The van der Waals surface area contributed by atoms with E-state index in [-0.39, 0.29) is 5.91 Å². The second-order valence-electron chi connectivity index (χ2n) is 4.52. The summed E-state index contributed by atoms with van der Waals surface area (Å²) in [6, 6.07) is 17.3. The Bertz CT molecular complexity index is 632. The molecule has 0 aromatic heterocycles. The van der Waals surface area contributed by atoms with Gasteiger partial charge in [0.05, 0.1) is 5.71 Å². The third kappa shape index (κ3) is 2.40. The third-order valence-electron chi connectivity index (χ3n) is 3.29. The fourth-order valence-electron chi connectivity index (χ4n) is 2.30. The van der Waals surface area contributed by atoms with Crippen LogP contribution in [0.5, 0.6) is 0 Å². The molecule has 0 atom stereocenters. The van der Waals surface area contributed by atoms with Crippen molar-refractivity contribution in [1.29, 1.82) is 0 Å². The highest BCUT2D eigenvalue weighted by atomic mass is 16.2. The van der Waals surface area contributed by atoms with Crippen LogP contribution in [0.2, 0.25) is 0 Å². The lowest BCUT2D eigenvalue weighted by molar-refractivity contribution is 0.0955. The number of amides is 1. The van der Waals surface area contributed by atoms with Crippen LogP contribution in [0.4, 0.5) is 0 Å². The van der Waals surface area contributed by atoms with E-state index in [0.29, 0.717) is 5.56 Å². The molecule has 0 heterocycles. The molecule has 0 fully saturated rings. The molecule has 3 heteroatoms. The topological polar surface area (TPSA) is 41.5 Å². The van der Waals surface area contributed by atoms with Crippen molar-refractivity contribution in [3.63, 3.8) is 0 Å². The van der Waals surface area contributed by atoms with Crippen molar-refractivity contribution < 1.29 is 4.79 Å². The van der Waals surface area contributed by atoms with Gasteiger partial charge in [-0.2, -0.15) is 5.10 Å². The second kappa shape index (κ2) is 5.06. The molecule has 0 saturated carbocycles. The van der Waals surface area contributed by atoms with E-state index < -0.39 is 0 Å². The molecular weight excluding hydrogens is 236 g/mol. The summed E-state index contributed by atoms with van der Waals surface area (Å²) in [5.41, 5.74) is 6.66. The number of rotatable bonds is 2. The molecule has 2 aromatic rings. The van der Waals surface area contributed by atoms with Crippen molar-refractivity contribution in [2.45, 2.75) is 12.8 Å². The Kier molecular flexibility index (Phi) is 3.11. The fourth-order valence-corrected chi connectivity index (χ4v) is 2.30. The first kappa shape index (κ1) is 11.7. The van der Waals surface area contributed by atoms with Gasteiger partial charge in [0.1, 0.15) is 0 Å². The van der Waals surface area contributed by atoms with Crippen molar-refractivity contribution in [2.24, 2.45) is 5.10 Å². The Hall–Kier alpha value is -2.42. The van der Waals surface area contributed by atoms with Gasteiger partial charge in [0.15, 0.2) is 0 Å². The maximum absolute atomic E-state index is 11.9. The normalized spacial score (nSPS) is 15.3. The number of hydrazone groups is 1. The zero-order chi connectivity index (χ0) is 13.1. The summed E-state index contributed by atoms with van der Waals surface area (Å²) in [5.74, 6) is -0.169. The van der Waals surface area contributed by atoms with E-state index >= 15 is 0 Å². The molecule has 1 aliphatic rings. The highest BCUT2D eigenvalue weighted by Crippen LogP contribution is 2.21. The maximum Gasteiger partial charge on any atom is 0.271 e. The van der Waals surface area contributed by atoms with Crippen molar-refractivity contribution in [2.75, 3.05) is 0 Å². The Morgan fingerprint density at radius 2 is 1.68 bits per heavy atom. The zero-order valence-corrected chi connectivity index (χ0v) is 10.5. The van der Waals surface area contributed by atoms with Gasteiger partial charge in [-0.25, -0.2) is 5.43 Å². The van der Waals surface area contributed by atoms with Gasteiger partial charge in [-0.1, -0.05) is 42.5 Å². The van der Waals surface area contributed by atoms with Crippen molar-refractivity contribution >= 4 is 11.6 Å². The average molecular weight is 250 g/mol. The maximum atomic E-state index is 11.9. The van der Waals surface area contributed by atoms with E-state index in [0.717, 1.165) is 24.1 Å². The predicted molar refractivity (Wildman–Crippen MR) is 75.2 cm³/mol. The van der Waals surface area contributed by atoms with Crippen LogP contribution < -0.4 is 5.43 Å². The van der Waals surface area contributed by atoms with E-state index in [1.165, 1.54) is 5.56 Å². The molecule has 0 spiro atoms. The fraction of sp³-hybridized carbons (Fsp3) is 0.125. The average Bonchev–Trinajstić information content (AvgIpc) is 2.89. The molecule has 0 unspecified atom stereocenters. The van der Waals surface area contributed by atoms with E-state index in [1.54, 1.807) is 12.1 Å². The molecule has 1 aliphatic carbocycles. The summed E-state index contributed by atoms with van der Waals surface area (Å²) in [6.07, 6.45) is 1.88. The first-order valence-corrected chi connectivity index (χ1v) is 6.35. The van der Waals surface area contributed by atoms with E-state index in [9.17, 15) is 4.79 Å². The third-order valence-corrected chi connectivity index (χ3v) is 3.29. The molecule has 94 valence electrons. The van der Waals surface area contributed by atoms with Gasteiger partial charge in [-0.05, 0) is 30.5 Å². The van der Waals surface area contributed by atoms with Gasteiger partial charge in [0, 0.05) is 11.1 Å². The van der Waals surface area contributed by atoms with Crippen molar-refractivity contribution in [1.82, 2.24) is 5.43 Å². The molecule has 1 N–H and O–H groups in total. The summed E-state index contributed by atoms with van der Waals surface area (Å²) in [5, 5.41) is 4.26. The minimum Gasteiger partial charge on any atom is -0.267 e. The van der Waals surface area contributed by atoms with Gasteiger partial charge in [-0.3, -0.25) is 4.79 Å². The molecule has 3 rings (SSSR count). The molecular formula is C16H14N2O. The molecule has 2 aromatic carbocycles. The molecule has 3 nitrogen and oxygen atoms in total. The standard InChI is InChI=1S/C16H14N2O/c19-16(13-7-2-1-3-8-13)18-17-15-11-10-12-6-4-5-9-14(12)15/h1-9H,10-11H2,(H,18,19)/b17-15+. The number of hydrogen-bond donors (Lipinski definition) is 1. The number of carbonyl (C=O) groups excluding carboxylic acids is 1. The Morgan fingerprint density at radius 3 is 2.53 bits per heavy atom. The van der Waals surface area contributed by atoms with Gasteiger partial charge in [0.25, 0.3) is 5.91 Å². The lowest BCUT2D eigenvalue weighted by atomic mass is 10.1. The van der Waals surface area contributed by atoms with Crippen LogP contribution in [0.3, 0.4) is 0 Å². The molecule has 1 amide bonds. The number of nitrogens with one attached hydrogen (secondary N) is 1.